The number of carbonyl (C=O) groups is 1. The summed E-state index contributed by atoms with van der Waals surface area (Å²) in [5, 5.41) is 8.22. The second-order valence-corrected chi connectivity index (χ2v) is 7.34. The average Bonchev–Trinajstić information content (AvgIpc) is 3.33. The van der Waals surface area contributed by atoms with Crippen molar-refractivity contribution < 1.29 is 9.53 Å². The van der Waals surface area contributed by atoms with Crippen LogP contribution >= 0.6 is 0 Å². The Kier molecular flexibility index (Phi) is 5.46. The van der Waals surface area contributed by atoms with Crippen molar-refractivity contribution >= 4 is 39.6 Å². The SMILES string of the molecule is CC#CC(=O)N(C)c1ccc2ncnc(Nc3ccc(Oc4ccc5ncnn5c4)cc3)c2c1. The lowest BCUT2D eigenvalue weighted by atomic mass is 10.2. The lowest BCUT2D eigenvalue weighted by molar-refractivity contribution is -0.113. The minimum absolute atomic E-state index is 0.285. The number of amides is 1. The maximum absolute atomic E-state index is 12.2. The van der Waals surface area contributed by atoms with Gasteiger partial charge in [-0.2, -0.15) is 5.10 Å². The minimum Gasteiger partial charge on any atom is -0.456 e. The number of fused-ring (bicyclic) bond motifs is 2. The number of ether oxygens (including phenoxy) is 1. The van der Waals surface area contributed by atoms with Crippen LogP contribution in [-0.4, -0.2) is 37.5 Å². The Morgan fingerprint density at radius 3 is 2.65 bits per heavy atom. The monoisotopic (exact) mass is 449 g/mol. The van der Waals surface area contributed by atoms with E-state index >= 15 is 0 Å². The summed E-state index contributed by atoms with van der Waals surface area (Å²) in [5.74, 6) is 6.85. The molecule has 2 aromatic carbocycles. The van der Waals surface area contributed by atoms with Crippen LogP contribution in [0.1, 0.15) is 6.92 Å². The molecule has 0 spiro atoms. The number of nitrogens with one attached hydrogen (secondary N) is 1. The van der Waals surface area contributed by atoms with E-state index in [4.69, 9.17) is 4.74 Å². The molecule has 0 aliphatic heterocycles. The van der Waals surface area contributed by atoms with E-state index in [1.54, 1.807) is 24.7 Å². The largest absolute Gasteiger partial charge is 0.456 e. The summed E-state index contributed by atoms with van der Waals surface area (Å²) in [6.45, 7) is 1.63. The smallest absolute Gasteiger partial charge is 0.302 e. The molecule has 5 rings (SSSR count). The van der Waals surface area contributed by atoms with E-state index in [-0.39, 0.29) is 5.91 Å². The molecule has 1 amide bonds. The highest BCUT2D eigenvalue weighted by Crippen LogP contribution is 2.29. The molecule has 0 unspecified atom stereocenters. The van der Waals surface area contributed by atoms with Crippen LogP contribution < -0.4 is 15.0 Å². The van der Waals surface area contributed by atoms with Gasteiger partial charge in [-0.15, -0.1) is 0 Å². The first-order valence-corrected chi connectivity index (χ1v) is 10.4. The van der Waals surface area contributed by atoms with E-state index in [1.165, 1.54) is 17.6 Å². The molecule has 34 heavy (non-hydrogen) atoms. The number of rotatable bonds is 5. The van der Waals surface area contributed by atoms with Gasteiger partial charge < -0.3 is 15.0 Å². The fraction of sp³-hybridized carbons (Fsp3) is 0.0800. The van der Waals surface area contributed by atoms with E-state index in [9.17, 15) is 4.79 Å². The summed E-state index contributed by atoms with van der Waals surface area (Å²) in [7, 11) is 1.68. The van der Waals surface area contributed by atoms with Crippen molar-refractivity contribution in [1.82, 2.24) is 24.6 Å². The van der Waals surface area contributed by atoms with Crippen molar-refractivity contribution in [2.45, 2.75) is 6.92 Å². The highest BCUT2D eigenvalue weighted by Gasteiger charge is 2.12. The molecule has 0 aliphatic carbocycles. The molecule has 5 aromatic rings. The van der Waals surface area contributed by atoms with Gasteiger partial charge >= 0.3 is 5.91 Å². The molecule has 0 fully saturated rings. The first-order chi connectivity index (χ1) is 16.6. The van der Waals surface area contributed by atoms with Crippen LogP contribution in [0.3, 0.4) is 0 Å². The topological polar surface area (TPSA) is 97.5 Å². The van der Waals surface area contributed by atoms with Crippen LogP contribution in [-0.2, 0) is 4.79 Å². The van der Waals surface area contributed by atoms with Gasteiger partial charge in [0.05, 0.1) is 11.7 Å². The fourth-order valence-electron chi connectivity index (χ4n) is 3.40. The summed E-state index contributed by atoms with van der Waals surface area (Å²) in [6.07, 6.45) is 4.76. The number of hydrogen-bond acceptors (Lipinski definition) is 7. The molecule has 0 saturated heterocycles. The fourth-order valence-corrected chi connectivity index (χ4v) is 3.40. The quantitative estimate of drug-likeness (QED) is 0.402. The number of carbonyl (C=O) groups excluding carboxylic acids is 1. The third-order valence-corrected chi connectivity index (χ3v) is 5.14. The maximum Gasteiger partial charge on any atom is 0.302 e. The van der Waals surface area contributed by atoms with Crippen molar-refractivity contribution in [3.63, 3.8) is 0 Å². The van der Waals surface area contributed by atoms with Gasteiger partial charge in [-0.25, -0.2) is 19.5 Å². The van der Waals surface area contributed by atoms with Crippen LogP contribution in [0, 0.1) is 11.8 Å². The van der Waals surface area contributed by atoms with Gasteiger partial charge in [-0.1, -0.05) is 5.92 Å². The Bertz CT molecular complexity index is 1570. The Labute approximate surface area is 195 Å². The van der Waals surface area contributed by atoms with Crippen LogP contribution in [0.15, 0.2) is 73.4 Å². The second-order valence-electron chi connectivity index (χ2n) is 7.34. The molecule has 1 N–H and O–H groups in total. The van der Waals surface area contributed by atoms with E-state index in [0.717, 1.165) is 22.2 Å². The van der Waals surface area contributed by atoms with Crippen LogP contribution in [0.25, 0.3) is 16.6 Å². The first-order valence-electron chi connectivity index (χ1n) is 10.4. The number of hydrogen-bond donors (Lipinski definition) is 1. The van der Waals surface area contributed by atoms with Crippen LogP contribution in [0.2, 0.25) is 0 Å². The third kappa shape index (κ3) is 4.20. The molecule has 0 radical (unpaired) electrons. The van der Waals surface area contributed by atoms with Gasteiger partial charge in [0.1, 0.15) is 30.0 Å². The Morgan fingerprint density at radius 1 is 1.00 bits per heavy atom. The summed E-state index contributed by atoms with van der Waals surface area (Å²) in [6, 6.07) is 16.7. The molecular formula is C25H19N7O2. The number of anilines is 3. The van der Waals surface area contributed by atoms with E-state index < -0.39 is 0 Å². The lowest BCUT2D eigenvalue weighted by Crippen LogP contribution is -2.24. The molecule has 9 nitrogen and oxygen atoms in total. The molecule has 0 aliphatic rings. The molecule has 166 valence electrons. The predicted octanol–water partition coefficient (Wildman–Crippen LogP) is 4.19. The van der Waals surface area contributed by atoms with Crippen molar-refractivity contribution in [3.8, 4) is 23.3 Å². The summed E-state index contributed by atoms with van der Waals surface area (Å²) >= 11 is 0. The Balaban J connectivity index is 1.37. The standard InChI is InChI=1S/C25H19N7O2/c1-3-4-24(33)31(2)18-7-11-22-21(13-18)25(28-15-26-22)30-17-5-8-19(9-6-17)34-20-10-12-23-27-16-29-32(23)14-20/h5-16H,1-2H3,(H,26,28,30). The number of benzene rings is 2. The predicted molar refractivity (Wildman–Crippen MR) is 129 cm³/mol. The van der Waals surface area contributed by atoms with Gasteiger partial charge in [0, 0.05) is 23.8 Å². The molecular weight excluding hydrogens is 430 g/mol. The van der Waals surface area contributed by atoms with Gasteiger partial charge in [-0.3, -0.25) is 4.79 Å². The number of pyridine rings is 1. The molecule has 0 saturated carbocycles. The Morgan fingerprint density at radius 2 is 1.82 bits per heavy atom. The van der Waals surface area contributed by atoms with E-state index in [1.807, 2.05) is 54.6 Å². The molecule has 3 aromatic heterocycles. The zero-order chi connectivity index (χ0) is 23.5. The summed E-state index contributed by atoms with van der Waals surface area (Å²) in [4.78, 5) is 26.5. The van der Waals surface area contributed by atoms with Gasteiger partial charge in [0.25, 0.3) is 0 Å². The van der Waals surface area contributed by atoms with E-state index in [0.29, 0.717) is 23.0 Å². The van der Waals surface area contributed by atoms with Crippen molar-refractivity contribution in [1.29, 1.82) is 0 Å². The molecule has 0 atom stereocenters. The van der Waals surface area contributed by atoms with Gasteiger partial charge in [-0.05, 0) is 67.4 Å². The van der Waals surface area contributed by atoms with Crippen molar-refractivity contribution in [2.24, 2.45) is 0 Å². The average molecular weight is 449 g/mol. The van der Waals surface area contributed by atoms with Gasteiger partial charge in [0.15, 0.2) is 5.65 Å². The summed E-state index contributed by atoms with van der Waals surface area (Å²) < 4.78 is 7.58. The number of aromatic nitrogens is 5. The van der Waals surface area contributed by atoms with Gasteiger partial charge in [0.2, 0.25) is 0 Å². The molecule has 9 heteroatoms. The highest BCUT2D eigenvalue weighted by atomic mass is 16.5. The lowest BCUT2D eigenvalue weighted by Gasteiger charge is -2.16. The zero-order valence-corrected chi connectivity index (χ0v) is 18.4. The molecule has 3 heterocycles. The number of nitrogens with zero attached hydrogens (tertiary/aromatic N) is 6. The van der Waals surface area contributed by atoms with Crippen LogP contribution in [0.5, 0.6) is 11.5 Å². The second kappa shape index (κ2) is 8.88. The molecule has 0 bridgehead atoms. The van der Waals surface area contributed by atoms with Crippen molar-refractivity contribution in [3.05, 3.63) is 73.4 Å². The van der Waals surface area contributed by atoms with Crippen LogP contribution in [0.4, 0.5) is 17.2 Å². The first kappa shape index (κ1) is 20.9. The Hall–Kier alpha value is -4.97. The summed E-state index contributed by atoms with van der Waals surface area (Å²) in [5.41, 5.74) is 3.03. The van der Waals surface area contributed by atoms with Crippen molar-refractivity contribution in [2.75, 3.05) is 17.3 Å². The van der Waals surface area contributed by atoms with E-state index in [2.05, 4.69) is 37.2 Å². The normalized spacial score (nSPS) is 10.5. The zero-order valence-electron chi connectivity index (χ0n) is 18.4. The minimum atomic E-state index is -0.285. The maximum atomic E-state index is 12.2. The third-order valence-electron chi connectivity index (χ3n) is 5.14. The highest BCUT2D eigenvalue weighted by molar-refractivity contribution is 6.06.